The number of carbonyl (C=O) groups is 2. The summed E-state index contributed by atoms with van der Waals surface area (Å²) in [7, 11) is 0. The van der Waals surface area contributed by atoms with Gasteiger partial charge in [0.15, 0.2) is 0 Å². The van der Waals surface area contributed by atoms with E-state index in [0.29, 0.717) is 49.2 Å². The molecule has 1 saturated heterocycles. The molecule has 1 aliphatic carbocycles. The van der Waals surface area contributed by atoms with Crippen LogP contribution in [0.25, 0.3) is 11.4 Å². The second-order valence-electron chi connectivity index (χ2n) is 11.1. The van der Waals surface area contributed by atoms with Crippen molar-refractivity contribution in [3.63, 3.8) is 0 Å². The van der Waals surface area contributed by atoms with Crippen LogP contribution in [-0.2, 0) is 16.0 Å². The lowest BCUT2D eigenvalue weighted by atomic mass is 10.0. The zero-order chi connectivity index (χ0) is 28.3. The first kappa shape index (κ1) is 30.0. The molecule has 1 aliphatic heterocycles. The second kappa shape index (κ2) is 15.1. The standard InChI is InChI=1S/C30H44FN5O4/c1-3-4-11-27(37)32-22(2)30(38)36-16-7-14-35(17-18-36)15-8-19-39-24-12-13-25(26(31)21-24)29-33-28(40-34-29)20-23-9-5-6-10-23/h12-13,21-23H,3-11,14-20H2,1-2H3,(H,32,37)/t22-/m1/s1. The van der Waals surface area contributed by atoms with Gasteiger partial charge in [-0.05, 0) is 63.6 Å². The molecule has 1 aromatic carbocycles. The third-order valence-electron chi connectivity index (χ3n) is 7.88. The van der Waals surface area contributed by atoms with E-state index in [-0.39, 0.29) is 17.6 Å². The molecule has 2 aromatic rings. The number of carbonyl (C=O) groups excluding carboxylic acids is 2. The third kappa shape index (κ3) is 8.74. The molecule has 0 bridgehead atoms. The van der Waals surface area contributed by atoms with E-state index >= 15 is 0 Å². The SMILES string of the molecule is CCCCC(=O)N[C@H](C)C(=O)N1CCCN(CCCOc2ccc(-c3noc(CC4CCCC4)n3)c(F)c2)CC1. The van der Waals surface area contributed by atoms with E-state index in [1.807, 2.05) is 11.8 Å². The molecule has 2 amide bonds. The van der Waals surface area contributed by atoms with Gasteiger partial charge in [-0.2, -0.15) is 4.98 Å². The number of nitrogens with zero attached hydrogens (tertiary/aromatic N) is 4. The van der Waals surface area contributed by atoms with Crippen LogP contribution in [0.1, 0.15) is 77.5 Å². The van der Waals surface area contributed by atoms with E-state index in [4.69, 9.17) is 9.26 Å². The maximum absolute atomic E-state index is 14.8. The monoisotopic (exact) mass is 557 g/mol. The highest BCUT2D eigenvalue weighted by atomic mass is 19.1. The Hall–Kier alpha value is -3.01. The first-order valence-electron chi connectivity index (χ1n) is 15.0. The van der Waals surface area contributed by atoms with E-state index < -0.39 is 11.9 Å². The number of ether oxygens (including phenoxy) is 1. The molecule has 40 heavy (non-hydrogen) atoms. The highest BCUT2D eigenvalue weighted by Gasteiger charge is 2.24. The Bertz CT molecular complexity index is 1100. The van der Waals surface area contributed by atoms with Crippen molar-refractivity contribution in [1.29, 1.82) is 0 Å². The molecule has 2 heterocycles. The summed E-state index contributed by atoms with van der Waals surface area (Å²) in [6.45, 7) is 8.10. The van der Waals surface area contributed by atoms with Crippen LogP contribution in [0.3, 0.4) is 0 Å². The molecular formula is C30H44FN5O4. The van der Waals surface area contributed by atoms with Crippen molar-refractivity contribution in [3.8, 4) is 17.1 Å². The quantitative estimate of drug-likeness (QED) is 0.359. The largest absolute Gasteiger partial charge is 0.493 e. The minimum absolute atomic E-state index is 0.0219. The van der Waals surface area contributed by atoms with E-state index in [9.17, 15) is 14.0 Å². The smallest absolute Gasteiger partial charge is 0.244 e. The summed E-state index contributed by atoms with van der Waals surface area (Å²) >= 11 is 0. The van der Waals surface area contributed by atoms with Gasteiger partial charge in [0.2, 0.25) is 23.5 Å². The molecule has 10 heteroatoms. The molecule has 1 N–H and O–H groups in total. The number of nitrogens with one attached hydrogen (secondary N) is 1. The van der Waals surface area contributed by atoms with Gasteiger partial charge < -0.3 is 24.4 Å². The number of unbranched alkanes of at least 4 members (excludes halogenated alkanes) is 1. The van der Waals surface area contributed by atoms with Gasteiger partial charge in [0.25, 0.3) is 0 Å². The van der Waals surface area contributed by atoms with Gasteiger partial charge >= 0.3 is 0 Å². The maximum Gasteiger partial charge on any atom is 0.244 e. The number of aromatic nitrogens is 2. The van der Waals surface area contributed by atoms with Gasteiger partial charge in [0, 0.05) is 45.1 Å². The topological polar surface area (TPSA) is 101 Å². The fourth-order valence-electron chi connectivity index (χ4n) is 5.56. The normalized spacial score (nSPS) is 17.5. The zero-order valence-corrected chi connectivity index (χ0v) is 24.0. The summed E-state index contributed by atoms with van der Waals surface area (Å²) in [6.07, 6.45) is 9.55. The number of amides is 2. The highest BCUT2D eigenvalue weighted by Crippen LogP contribution is 2.29. The van der Waals surface area contributed by atoms with E-state index in [1.165, 1.54) is 31.7 Å². The molecule has 0 radical (unpaired) electrons. The molecule has 0 unspecified atom stereocenters. The molecule has 0 spiro atoms. The van der Waals surface area contributed by atoms with Crippen LogP contribution < -0.4 is 10.1 Å². The third-order valence-corrected chi connectivity index (χ3v) is 7.88. The molecule has 220 valence electrons. The number of hydrogen-bond donors (Lipinski definition) is 1. The Kier molecular flexibility index (Phi) is 11.3. The summed E-state index contributed by atoms with van der Waals surface area (Å²) in [5.74, 6) is 1.39. The average molecular weight is 558 g/mol. The van der Waals surface area contributed by atoms with Gasteiger partial charge in [-0.15, -0.1) is 0 Å². The fraction of sp³-hybridized carbons (Fsp3) is 0.667. The second-order valence-corrected chi connectivity index (χ2v) is 11.1. The van der Waals surface area contributed by atoms with Crippen molar-refractivity contribution in [1.82, 2.24) is 25.3 Å². The van der Waals surface area contributed by atoms with Crippen LogP contribution >= 0.6 is 0 Å². The molecule has 4 rings (SSSR count). The van der Waals surface area contributed by atoms with E-state index in [0.717, 1.165) is 51.7 Å². The molecule has 2 aliphatic rings. The van der Waals surface area contributed by atoms with Gasteiger partial charge in [0.05, 0.1) is 12.2 Å². The molecule has 1 saturated carbocycles. The van der Waals surface area contributed by atoms with Crippen LogP contribution in [0.2, 0.25) is 0 Å². The summed E-state index contributed by atoms with van der Waals surface area (Å²) in [6, 6.07) is 4.25. The Morgan fingerprint density at radius 3 is 2.75 bits per heavy atom. The summed E-state index contributed by atoms with van der Waals surface area (Å²) < 4.78 is 26.0. The van der Waals surface area contributed by atoms with Gasteiger partial charge in [-0.1, -0.05) is 31.3 Å². The number of hydrogen-bond acceptors (Lipinski definition) is 7. The maximum atomic E-state index is 14.8. The minimum Gasteiger partial charge on any atom is -0.493 e. The molecule has 2 fully saturated rings. The summed E-state index contributed by atoms with van der Waals surface area (Å²) in [4.78, 5) is 33.4. The van der Waals surface area contributed by atoms with Gasteiger partial charge in [-0.25, -0.2) is 4.39 Å². The minimum atomic E-state index is -0.505. The van der Waals surface area contributed by atoms with Crippen LogP contribution in [0.15, 0.2) is 22.7 Å². The summed E-state index contributed by atoms with van der Waals surface area (Å²) in [5, 5.41) is 6.82. The molecule has 1 atom stereocenters. The number of rotatable bonds is 13. The Labute approximate surface area is 236 Å². The van der Waals surface area contributed by atoms with Crippen molar-refractivity contribution in [2.45, 2.75) is 84.1 Å². The van der Waals surface area contributed by atoms with Crippen LogP contribution in [-0.4, -0.2) is 77.1 Å². The Balaban J connectivity index is 1.17. The zero-order valence-electron chi connectivity index (χ0n) is 24.0. The van der Waals surface area contributed by atoms with Crippen LogP contribution in [0.4, 0.5) is 4.39 Å². The lowest BCUT2D eigenvalue weighted by Gasteiger charge is -2.25. The van der Waals surface area contributed by atoms with Gasteiger partial charge in [0.1, 0.15) is 17.6 Å². The lowest BCUT2D eigenvalue weighted by Crippen LogP contribution is -2.48. The molecule has 1 aromatic heterocycles. The van der Waals surface area contributed by atoms with E-state index in [1.54, 1.807) is 19.1 Å². The van der Waals surface area contributed by atoms with Crippen molar-refractivity contribution in [3.05, 3.63) is 29.9 Å². The summed E-state index contributed by atoms with van der Waals surface area (Å²) in [5.41, 5.74) is 0.312. The highest BCUT2D eigenvalue weighted by molar-refractivity contribution is 5.87. The van der Waals surface area contributed by atoms with Gasteiger partial charge in [-0.3, -0.25) is 9.59 Å². The number of halogens is 1. The first-order valence-corrected chi connectivity index (χ1v) is 15.0. The molecule has 9 nitrogen and oxygen atoms in total. The Morgan fingerprint density at radius 2 is 1.98 bits per heavy atom. The van der Waals surface area contributed by atoms with Crippen molar-refractivity contribution in [2.24, 2.45) is 5.92 Å². The van der Waals surface area contributed by atoms with Crippen molar-refractivity contribution >= 4 is 11.8 Å². The fourth-order valence-corrected chi connectivity index (χ4v) is 5.56. The number of benzene rings is 1. The molecular weight excluding hydrogens is 513 g/mol. The van der Waals surface area contributed by atoms with Crippen LogP contribution in [0, 0.1) is 11.7 Å². The van der Waals surface area contributed by atoms with E-state index in [2.05, 4.69) is 20.4 Å². The average Bonchev–Trinajstić information content (AvgIpc) is 3.57. The first-order chi connectivity index (χ1) is 19.4. The lowest BCUT2D eigenvalue weighted by molar-refractivity contribution is -0.135. The van der Waals surface area contributed by atoms with Crippen molar-refractivity contribution in [2.75, 3.05) is 39.3 Å². The predicted octanol–water partition coefficient (Wildman–Crippen LogP) is 4.61. The predicted molar refractivity (Wildman–Crippen MR) is 150 cm³/mol. The van der Waals surface area contributed by atoms with Crippen molar-refractivity contribution < 1.29 is 23.2 Å². The van der Waals surface area contributed by atoms with Crippen LogP contribution in [0.5, 0.6) is 5.75 Å². The Morgan fingerprint density at radius 1 is 1.15 bits per heavy atom.